The monoisotopic (exact) mass is 278 g/mol. The Kier molecular flexibility index (Phi) is 4.81. The Morgan fingerprint density at radius 3 is 2.59 bits per heavy atom. The molecule has 1 aliphatic rings. The van der Waals surface area contributed by atoms with Crippen LogP contribution < -0.4 is 11.5 Å². The van der Waals surface area contributed by atoms with E-state index in [4.69, 9.17) is 16.9 Å². The van der Waals surface area contributed by atoms with Gasteiger partial charge < -0.3 is 11.5 Å². The van der Waals surface area contributed by atoms with E-state index in [1.165, 1.54) is 18.0 Å². The number of thioether (sulfide) groups is 1. The normalized spacial score (nSPS) is 25.2. The summed E-state index contributed by atoms with van der Waals surface area (Å²) in [5.74, 6) is -0.141. The lowest BCUT2D eigenvalue weighted by Gasteiger charge is -2.26. The van der Waals surface area contributed by atoms with Gasteiger partial charge in [0.2, 0.25) is 0 Å². The van der Waals surface area contributed by atoms with Crippen LogP contribution in [0.25, 0.3) is 0 Å². The van der Waals surface area contributed by atoms with Gasteiger partial charge in [0, 0.05) is 11.5 Å². The molecule has 0 heterocycles. The summed E-state index contributed by atoms with van der Waals surface area (Å²) in [6.45, 7) is 0. The van der Waals surface area contributed by atoms with E-state index < -0.39 is 9.84 Å². The van der Waals surface area contributed by atoms with Gasteiger partial charge in [-0.3, -0.25) is 5.41 Å². The van der Waals surface area contributed by atoms with E-state index >= 15 is 0 Å². The first-order chi connectivity index (χ1) is 7.79. The Balaban J connectivity index is 2.57. The molecule has 0 saturated heterocycles. The lowest BCUT2D eigenvalue weighted by molar-refractivity contribution is 0.496. The van der Waals surface area contributed by atoms with Gasteiger partial charge in [-0.05, 0) is 19.3 Å². The number of hydrogen-bond acceptors (Lipinski definition) is 4. The molecule has 2 atom stereocenters. The Morgan fingerprint density at radius 2 is 2.06 bits per heavy atom. The molecule has 0 aromatic carbocycles. The summed E-state index contributed by atoms with van der Waals surface area (Å²) in [4.78, 5) is 3.63. The molecule has 1 aliphatic carbocycles. The average molecular weight is 278 g/mol. The van der Waals surface area contributed by atoms with Gasteiger partial charge in [0.15, 0.2) is 11.1 Å². The topological polar surface area (TPSA) is 122 Å². The van der Waals surface area contributed by atoms with Crippen LogP contribution in [-0.4, -0.2) is 36.3 Å². The highest BCUT2D eigenvalue weighted by atomic mass is 32.2. The van der Waals surface area contributed by atoms with E-state index in [0.29, 0.717) is 12.8 Å². The van der Waals surface area contributed by atoms with Crippen molar-refractivity contribution in [3.8, 4) is 0 Å². The van der Waals surface area contributed by atoms with Gasteiger partial charge in [-0.25, -0.2) is 8.42 Å². The zero-order valence-corrected chi connectivity index (χ0v) is 11.4. The SMILES string of the molecule is CS(=O)(=O)C1CCCC(SC(=N)N=C(N)N)C1. The number of hydrogen-bond donors (Lipinski definition) is 3. The van der Waals surface area contributed by atoms with Crippen LogP contribution in [0.15, 0.2) is 4.99 Å². The number of nitrogens with one attached hydrogen (secondary N) is 1. The van der Waals surface area contributed by atoms with Gasteiger partial charge >= 0.3 is 0 Å². The molecular weight excluding hydrogens is 260 g/mol. The molecule has 0 radical (unpaired) electrons. The third kappa shape index (κ3) is 4.95. The number of guanidine groups is 1. The second-order valence-corrected chi connectivity index (χ2v) is 7.81. The van der Waals surface area contributed by atoms with E-state index in [2.05, 4.69) is 4.99 Å². The van der Waals surface area contributed by atoms with Gasteiger partial charge in [0.05, 0.1) is 5.25 Å². The highest BCUT2D eigenvalue weighted by molar-refractivity contribution is 8.14. The van der Waals surface area contributed by atoms with Crippen molar-refractivity contribution in [1.29, 1.82) is 5.41 Å². The summed E-state index contributed by atoms with van der Waals surface area (Å²) in [5.41, 5.74) is 10.3. The van der Waals surface area contributed by atoms with Gasteiger partial charge in [-0.1, -0.05) is 18.2 Å². The molecule has 17 heavy (non-hydrogen) atoms. The molecule has 1 rings (SSSR count). The van der Waals surface area contributed by atoms with E-state index in [1.807, 2.05) is 0 Å². The maximum atomic E-state index is 11.5. The first-order valence-corrected chi connectivity index (χ1v) is 8.16. The maximum Gasteiger partial charge on any atom is 0.193 e. The van der Waals surface area contributed by atoms with Gasteiger partial charge in [-0.15, -0.1) is 0 Å². The molecule has 8 heteroatoms. The molecule has 0 amide bonds. The molecule has 2 unspecified atom stereocenters. The van der Waals surface area contributed by atoms with E-state index in [-0.39, 0.29) is 21.6 Å². The minimum Gasteiger partial charge on any atom is -0.370 e. The molecule has 6 nitrogen and oxygen atoms in total. The standard InChI is InChI=1S/C9H18N4O2S2/c1-17(14,15)7-4-2-3-6(5-7)16-9(12)13-8(10)11/h6-7H,2-5H2,1H3,(H5,10,11,12,13). The maximum absolute atomic E-state index is 11.5. The lowest BCUT2D eigenvalue weighted by Crippen LogP contribution is -2.29. The Labute approximate surface area is 106 Å². The minimum absolute atomic E-state index is 0.0455. The predicted molar refractivity (Wildman–Crippen MR) is 72.0 cm³/mol. The summed E-state index contributed by atoms with van der Waals surface area (Å²) in [6, 6.07) is 0. The number of sulfone groups is 1. The second-order valence-electron chi connectivity index (χ2n) is 4.20. The first kappa shape index (κ1) is 14.3. The Hall–Kier alpha value is -0.760. The quantitative estimate of drug-likeness (QED) is 0.494. The smallest absolute Gasteiger partial charge is 0.193 e. The van der Waals surface area contributed by atoms with Gasteiger partial charge in [0.25, 0.3) is 0 Å². The van der Waals surface area contributed by atoms with Crippen LogP contribution in [0, 0.1) is 5.41 Å². The third-order valence-electron chi connectivity index (χ3n) is 2.69. The summed E-state index contributed by atoms with van der Waals surface area (Å²) in [6.07, 6.45) is 4.33. The number of amidine groups is 1. The van der Waals surface area contributed by atoms with Crippen LogP contribution in [-0.2, 0) is 9.84 Å². The van der Waals surface area contributed by atoms with Crippen molar-refractivity contribution in [3.05, 3.63) is 0 Å². The third-order valence-corrected chi connectivity index (χ3v) is 5.41. The summed E-state index contributed by atoms with van der Waals surface area (Å²) >= 11 is 1.24. The molecule has 0 aromatic rings. The second kappa shape index (κ2) is 5.72. The molecule has 0 aromatic heterocycles. The van der Waals surface area contributed by atoms with E-state index in [0.717, 1.165) is 12.8 Å². The highest BCUT2D eigenvalue weighted by Gasteiger charge is 2.29. The van der Waals surface area contributed by atoms with Crippen molar-refractivity contribution in [2.24, 2.45) is 16.5 Å². The van der Waals surface area contributed by atoms with Crippen LogP contribution in [0.3, 0.4) is 0 Å². The Morgan fingerprint density at radius 1 is 1.41 bits per heavy atom. The van der Waals surface area contributed by atoms with Gasteiger partial charge in [0.1, 0.15) is 9.84 Å². The molecule has 0 aliphatic heterocycles. The van der Waals surface area contributed by atoms with Crippen molar-refractivity contribution in [2.75, 3.05) is 6.26 Å². The highest BCUT2D eigenvalue weighted by Crippen LogP contribution is 2.32. The molecule has 0 spiro atoms. The van der Waals surface area contributed by atoms with Crippen molar-refractivity contribution in [1.82, 2.24) is 0 Å². The van der Waals surface area contributed by atoms with Crippen LogP contribution in [0.2, 0.25) is 0 Å². The van der Waals surface area contributed by atoms with Crippen molar-refractivity contribution in [2.45, 2.75) is 36.2 Å². The largest absolute Gasteiger partial charge is 0.370 e. The van der Waals surface area contributed by atoms with Crippen LogP contribution in [0.4, 0.5) is 0 Å². The lowest BCUT2D eigenvalue weighted by atomic mass is 10.00. The zero-order chi connectivity index (χ0) is 13.1. The fourth-order valence-electron chi connectivity index (χ4n) is 1.90. The molecule has 1 saturated carbocycles. The predicted octanol–water partition coefficient (Wildman–Crippen LogP) is 0.284. The van der Waals surface area contributed by atoms with Crippen LogP contribution >= 0.6 is 11.8 Å². The molecule has 1 fully saturated rings. The summed E-state index contributed by atoms with van der Waals surface area (Å²) < 4.78 is 22.9. The molecule has 98 valence electrons. The number of aliphatic imine (C=N–C) groups is 1. The fourth-order valence-corrected chi connectivity index (χ4v) is 4.28. The summed E-state index contributed by atoms with van der Waals surface area (Å²) in [5, 5.41) is 7.41. The van der Waals surface area contributed by atoms with E-state index in [1.54, 1.807) is 0 Å². The van der Waals surface area contributed by atoms with Crippen LogP contribution in [0.1, 0.15) is 25.7 Å². The summed E-state index contributed by atoms with van der Waals surface area (Å²) in [7, 11) is -2.99. The van der Waals surface area contributed by atoms with Gasteiger partial charge in [-0.2, -0.15) is 4.99 Å². The van der Waals surface area contributed by atoms with Crippen LogP contribution in [0.5, 0.6) is 0 Å². The van der Waals surface area contributed by atoms with Crippen molar-refractivity contribution >= 4 is 32.7 Å². The molecule has 5 N–H and O–H groups in total. The molecule has 0 bridgehead atoms. The minimum atomic E-state index is -2.99. The number of rotatable bonds is 2. The first-order valence-electron chi connectivity index (χ1n) is 5.32. The van der Waals surface area contributed by atoms with Crippen molar-refractivity contribution in [3.63, 3.8) is 0 Å². The number of nitrogens with two attached hydrogens (primary N) is 2. The van der Waals surface area contributed by atoms with E-state index in [9.17, 15) is 8.42 Å². The van der Waals surface area contributed by atoms with Crippen molar-refractivity contribution < 1.29 is 8.42 Å². The fraction of sp³-hybridized carbons (Fsp3) is 0.778. The number of nitrogens with zero attached hydrogens (tertiary/aromatic N) is 1. The Bertz CT molecular complexity index is 415. The molecular formula is C9H18N4O2S2. The average Bonchev–Trinajstić information content (AvgIpc) is 2.15. The zero-order valence-electron chi connectivity index (χ0n) is 9.72.